The van der Waals surface area contributed by atoms with Crippen molar-refractivity contribution in [2.75, 3.05) is 11.4 Å². The fourth-order valence-electron chi connectivity index (χ4n) is 2.48. The highest BCUT2D eigenvalue weighted by Gasteiger charge is 2.23. The van der Waals surface area contributed by atoms with E-state index >= 15 is 0 Å². The first-order valence-corrected chi connectivity index (χ1v) is 10.7. The Morgan fingerprint density at radius 2 is 1.83 bits per heavy atom. The number of hydrogen-bond donors (Lipinski definition) is 0. The molecule has 0 amide bonds. The van der Waals surface area contributed by atoms with Crippen molar-refractivity contribution in [3.05, 3.63) is 64.0 Å². The van der Waals surface area contributed by atoms with E-state index in [0.29, 0.717) is 12.2 Å². The summed E-state index contributed by atoms with van der Waals surface area (Å²) in [5.41, 5.74) is 3.27. The van der Waals surface area contributed by atoms with Gasteiger partial charge in [-0.1, -0.05) is 58.0 Å². The Hall–Kier alpha value is -1.13. The number of pyridine rings is 1. The van der Waals surface area contributed by atoms with Gasteiger partial charge in [-0.15, -0.1) is 0 Å². The number of nitrogens with zero attached hydrogens (tertiary/aromatic N) is 3. The third-order valence-electron chi connectivity index (χ3n) is 3.45. The van der Waals surface area contributed by atoms with Crippen molar-refractivity contribution in [1.82, 2.24) is 4.98 Å². The summed E-state index contributed by atoms with van der Waals surface area (Å²) in [5.74, 6) is -1.20. The van der Waals surface area contributed by atoms with Crippen LogP contribution in [0.5, 0.6) is 0 Å². The number of halogens is 3. The molecule has 0 fully saturated rings. The van der Waals surface area contributed by atoms with Gasteiger partial charge in [-0.25, -0.2) is 0 Å². The highest BCUT2D eigenvalue weighted by Crippen LogP contribution is 2.51. The van der Waals surface area contributed by atoms with E-state index in [9.17, 15) is 10.1 Å². The molecule has 0 atom stereocenters. The molecule has 122 valence electrons. The minimum absolute atomic E-state index is 0.120. The number of anilines is 1. The summed E-state index contributed by atoms with van der Waals surface area (Å²) >= 11 is 14.6. The minimum Gasteiger partial charge on any atom is -0.360 e. The molecule has 0 spiro atoms. The normalized spacial score (nSPS) is 13.1. The van der Waals surface area contributed by atoms with Gasteiger partial charge in [0.15, 0.2) is 5.98 Å². The van der Waals surface area contributed by atoms with Gasteiger partial charge in [-0.05, 0) is 17.5 Å². The lowest BCUT2D eigenvalue weighted by atomic mass is 9.99. The lowest BCUT2D eigenvalue weighted by Crippen LogP contribution is -2.30. The van der Waals surface area contributed by atoms with E-state index in [2.05, 4.69) is 17.1 Å². The van der Waals surface area contributed by atoms with Gasteiger partial charge in [0.05, 0.1) is 11.1 Å². The van der Waals surface area contributed by atoms with Gasteiger partial charge in [-0.3, -0.25) is 15.1 Å². The topological polar surface area (TPSA) is 59.3 Å². The molecule has 0 bridgehead atoms. The molecule has 1 aromatic carbocycles. The summed E-state index contributed by atoms with van der Waals surface area (Å²) < 4.78 is 0. The summed E-state index contributed by atoms with van der Waals surface area (Å²) in [6.45, 7) is 1.48. The van der Waals surface area contributed by atoms with Crippen molar-refractivity contribution in [1.29, 1.82) is 0 Å². The molecule has 23 heavy (non-hydrogen) atoms. The number of rotatable bonds is 2. The van der Waals surface area contributed by atoms with Crippen molar-refractivity contribution in [3.8, 4) is 0 Å². The van der Waals surface area contributed by atoms with Crippen LogP contribution in [0.2, 0.25) is 0 Å². The maximum atomic E-state index is 11.1. The van der Waals surface area contributed by atoms with Crippen LogP contribution in [-0.2, 0) is 13.0 Å². The molecule has 3 rings (SSSR count). The van der Waals surface area contributed by atoms with Crippen LogP contribution in [0.4, 0.5) is 11.4 Å². The Bertz CT molecular complexity index is 685. The van der Waals surface area contributed by atoms with Crippen molar-refractivity contribution in [3.63, 3.8) is 0 Å². The highest BCUT2D eigenvalue weighted by atomic mass is 36.0. The summed E-state index contributed by atoms with van der Waals surface area (Å²) in [6.07, 6.45) is 3.94. The lowest BCUT2D eigenvalue weighted by molar-refractivity contribution is -0.384. The van der Waals surface area contributed by atoms with Crippen molar-refractivity contribution in [2.45, 2.75) is 13.0 Å². The molecule has 0 unspecified atom stereocenters. The predicted molar refractivity (Wildman–Crippen MR) is 96.6 cm³/mol. The molecule has 0 aliphatic carbocycles. The van der Waals surface area contributed by atoms with Gasteiger partial charge >= 0.3 is 0 Å². The number of fused-ring (bicyclic) bond motifs is 1. The third-order valence-corrected chi connectivity index (χ3v) is 3.45. The largest absolute Gasteiger partial charge is 0.360 e. The molecule has 1 aliphatic rings. The van der Waals surface area contributed by atoms with Crippen LogP contribution in [0.3, 0.4) is 0 Å². The Morgan fingerprint density at radius 3 is 2.48 bits per heavy atom. The van der Waals surface area contributed by atoms with E-state index in [1.54, 1.807) is 6.20 Å². The monoisotopic (exact) mass is 391 g/mol. The van der Waals surface area contributed by atoms with Crippen molar-refractivity contribution >= 4 is 51.1 Å². The van der Waals surface area contributed by atoms with Gasteiger partial charge in [0.25, 0.3) is 5.69 Å². The van der Waals surface area contributed by atoms with Gasteiger partial charge in [0.2, 0.25) is 0 Å². The quantitative estimate of drug-likeness (QED) is 0.385. The van der Waals surface area contributed by atoms with Crippen molar-refractivity contribution < 1.29 is 4.92 Å². The molecular weight excluding hydrogens is 380 g/mol. The van der Waals surface area contributed by atoms with E-state index in [0.717, 1.165) is 13.0 Å². The minimum atomic E-state index is -1.20. The molecule has 9 heteroatoms. The maximum Gasteiger partial charge on any atom is 0.295 e. The fourth-order valence-corrected chi connectivity index (χ4v) is 2.48. The second kappa shape index (κ2) is 8.65. The second-order valence-electron chi connectivity index (χ2n) is 4.75. The van der Waals surface area contributed by atoms with Crippen LogP contribution < -0.4 is 4.90 Å². The summed E-state index contributed by atoms with van der Waals surface area (Å²) in [7, 11) is 0. The zero-order chi connectivity index (χ0) is 16.8. The number of benzene rings is 1. The fraction of sp³-hybridized carbons (Fsp3) is 0.214. The molecule has 0 saturated heterocycles. The van der Waals surface area contributed by atoms with E-state index in [1.807, 2.05) is 17.0 Å². The van der Waals surface area contributed by atoms with Crippen molar-refractivity contribution in [2.24, 2.45) is 0 Å². The average molecular weight is 393 g/mol. The van der Waals surface area contributed by atoms with E-state index < -0.39 is 5.98 Å². The molecule has 1 aromatic heterocycles. The van der Waals surface area contributed by atoms with Gasteiger partial charge in [-0.2, -0.15) is 0 Å². The zero-order valence-corrected chi connectivity index (χ0v) is 15.1. The Balaban J connectivity index is 0.000000433. The Morgan fingerprint density at radius 1 is 1.17 bits per heavy atom. The van der Waals surface area contributed by atoms with Crippen LogP contribution in [-0.4, -0.2) is 16.5 Å². The first-order chi connectivity index (χ1) is 11.0. The van der Waals surface area contributed by atoms with Gasteiger partial charge < -0.3 is 4.90 Å². The van der Waals surface area contributed by atoms with E-state index in [1.165, 1.54) is 23.4 Å². The third kappa shape index (κ3) is 5.18. The lowest BCUT2D eigenvalue weighted by Gasteiger charge is -2.29. The Kier molecular flexibility index (Phi) is 6.85. The molecule has 1 aliphatic heterocycles. The Labute approximate surface area is 149 Å². The van der Waals surface area contributed by atoms with E-state index in [4.69, 9.17) is 33.7 Å². The molecule has 2 heterocycles. The summed E-state index contributed by atoms with van der Waals surface area (Å²) in [5, 5.41) is 11.1. The van der Waals surface area contributed by atoms with Gasteiger partial charge in [0.1, 0.15) is 5.69 Å². The molecular formula is C14H13Cl3N3O2P. The first-order valence-electron chi connectivity index (χ1n) is 6.66. The molecule has 0 N–H and O–H groups in total. The maximum absolute atomic E-state index is 11.1. The average Bonchev–Trinajstić information content (AvgIpc) is 2.54. The standard InChI is InChI=1S/C14H13N3O2.Cl3P/c18-17(19)13-5-7-15-9-14(13)16-8-6-11-3-1-2-4-12(11)10-16;1-4(2)3/h1-5,7,9H,6,8,10H2;. The van der Waals surface area contributed by atoms with Gasteiger partial charge in [0, 0.05) is 25.4 Å². The van der Waals surface area contributed by atoms with Crippen LogP contribution >= 0.6 is 39.7 Å². The van der Waals surface area contributed by atoms with Crippen LogP contribution in [0.1, 0.15) is 11.1 Å². The zero-order valence-electron chi connectivity index (χ0n) is 11.9. The molecule has 0 saturated carbocycles. The summed E-state index contributed by atoms with van der Waals surface area (Å²) in [6, 6.07) is 9.67. The smallest absolute Gasteiger partial charge is 0.295 e. The molecule has 0 radical (unpaired) electrons. The second-order valence-corrected chi connectivity index (χ2v) is 9.74. The first kappa shape index (κ1) is 18.2. The van der Waals surface area contributed by atoms with Crippen LogP contribution in [0, 0.1) is 10.1 Å². The number of aromatic nitrogens is 1. The highest BCUT2D eigenvalue weighted by molar-refractivity contribution is 8.20. The molecule has 5 nitrogen and oxygen atoms in total. The predicted octanol–water partition coefficient (Wildman–Crippen LogP) is 5.48. The number of hydrogen-bond acceptors (Lipinski definition) is 4. The van der Waals surface area contributed by atoms with Crippen LogP contribution in [0.25, 0.3) is 0 Å². The van der Waals surface area contributed by atoms with Crippen LogP contribution in [0.15, 0.2) is 42.7 Å². The van der Waals surface area contributed by atoms with E-state index in [-0.39, 0.29) is 10.6 Å². The number of nitro groups is 1. The SMILES string of the molecule is ClP(Cl)Cl.O=[N+]([O-])c1ccncc1N1CCc2ccccc2C1. The molecule has 2 aromatic rings. The summed E-state index contributed by atoms with van der Waals surface area (Å²) in [4.78, 5) is 16.7.